The summed E-state index contributed by atoms with van der Waals surface area (Å²) in [6.07, 6.45) is -7.03. The van der Waals surface area contributed by atoms with Crippen LogP contribution in [0, 0.1) is 0 Å². The van der Waals surface area contributed by atoms with Gasteiger partial charge in [-0.15, -0.1) is 0 Å². The van der Waals surface area contributed by atoms with Crippen molar-refractivity contribution < 1.29 is 39.1 Å². The van der Waals surface area contributed by atoms with Crippen LogP contribution in [0.5, 0.6) is 11.5 Å². The summed E-state index contributed by atoms with van der Waals surface area (Å²) in [5.41, 5.74) is 1.15. The molecule has 164 valence electrons. The van der Waals surface area contributed by atoms with Crippen LogP contribution in [0.15, 0.2) is 57.7 Å². The maximum atomic E-state index is 12.1. The number of methoxy groups -OCH3 is 1. The molecule has 31 heavy (non-hydrogen) atoms. The van der Waals surface area contributed by atoms with Gasteiger partial charge in [0.1, 0.15) is 41.5 Å². The zero-order valence-corrected chi connectivity index (χ0v) is 16.5. The number of benzene rings is 2. The van der Waals surface area contributed by atoms with Gasteiger partial charge in [-0.3, -0.25) is 0 Å². The van der Waals surface area contributed by atoms with Crippen molar-refractivity contribution in [1.82, 2.24) is 0 Å². The highest BCUT2D eigenvalue weighted by molar-refractivity contribution is 5.93. The smallest absolute Gasteiger partial charge is 0.336 e. The maximum absolute atomic E-state index is 12.1. The Labute approximate surface area is 176 Å². The van der Waals surface area contributed by atoms with Gasteiger partial charge < -0.3 is 39.1 Å². The summed E-state index contributed by atoms with van der Waals surface area (Å²) in [5, 5.41) is 39.9. The molecular formula is C22H22O9. The Hall–Kier alpha value is -2.95. The van der Waals surface area contributed by atoms with E-state index in [9.17, 15) is 25.2 Å². The van der Waals surface area contributed by atoms with Gasteiger partial charge in [0.15, 0.2) is 0 Å². The fourth-order valence-electron chi connectivity index (χ4n) is 3.52. The first-order valence-corrected chi connectivity index (χ1v) is 9.61. The van der Waals surface area contributed by atoms with Crippen molar-refractivity contribution in [3.8, 4) is 22.6 Å². The van der Waals surface area contributed by atoms with Gasteiger partial charge in [-0.05, 0) is 35.4 Å². The van der Waals surface area contributed by atoms with Crippen LogP contribution in [0.3, 0.4) is 0 Å². The van der Waals surface area contributed by atoms with Gasteiger partial charge in [-0.25, -0.2) is 4.79 Å². The molecule has 0 spiro atoms. The molecule has 0 unspecified atom stereocenters. The third-order valence-electron chi connectivity index (χ3n) is 5.22. The third kappa shape index (κ3) is 4.14. The number of hydrogen-bond acceptors (Lipinski definition) is 9. The summed E-state index contributed by atoms with van der Waals surface area (Å²) in [6.45, 7) is -0.567. The van der Waals surface area contributed by atoms with Gasteiger partial charge in [0.2, 0.25) is 6.29 Å². The molecule has 9 nitrogen and oxygen atoms in total. The van der Waals surface area contributed by atoms with E-state index in [1.807, 2.05) is 12.1 Å². The van der Waals surface area contributed by atoms with Crippen LogP contribution in [0.1, 0.15) is 0 Å². The molecule has 5 atom stereocenters. The zero-order valence-electron chi connectivity index (χ0n) is 16.5. The van der Waals surface area contributed by atoms with Crippen molar-refractivity contribution in [3.05, 3.63) is 59.0 Å². The highest BCUT2D eigenvalue weighted by atomic mass is 16.7. The Balaban J connectivity index is 1.66. The van der Waals surface area contributed by atoms with Crippen molar-refractivity contribution in [2.75, 3.05) is 13.7 Å². The van der Waals surface area contributed by atoms with Gasteiger partial charge in [-0.2, -0.15) is 0 Å². The predicted molar refractivity (Wildman–Crippen MR) is 109 cm³/mol. The quantitative estimate of drug-likeness (QED) is 0.430. The number of aliphatic hydroxyl groups excluding tert-OH is 4. The molecule has 1 aliphatic heterocycles. The van der Waals surface area contributed by atoms with E-state index in [0.717, 1.165) is 5.56 Å². The molecule has 9 heteroatoms. The Morgan fingerprint density at radius 2 is 1.65 bits per heavy atom. The minimum Gasteiger partial charge on any atom is -0.497 e. The van der Waals surface area contributed by atoms with E-state index >= 15 is 0 Å². The van der Waals surface area contributed by atoms with Crippen LogP contribution in [0.25, 0.3) is 22.1 Å². The Morgan fingerprint density at radius 3 is 2.32 bits per heavy atom. The summed E-state index contributed by atoms with van der Waals surface area (Å²) in [5.74, 6) is 0.887. The molecule has 0 amide bonds. The van der Waals surface area contributed by atoms with Crippen LogP contribution in [-0.4, -0.2) is 64.8 Å². The topological polar surface area (TPSA) is 139 Å². The molecule has 3 aromatic rings. The lowest BCUT2D eigenvalue weighted by Crippen LogP contribution is -2.60. The molecule has 2 aromatic carbocycles. The second kappa shape index (κ2) is 8.66. The van der Waals surface area contributed by atoms with E-state index in [1.54, 1.807) is 31.4 Å². The van der Waals surface area contributed by atoms with E-state index in [-0.39, 0.29) is 11.3 Å². The van der Waals surface area contributed by atoms with Crippen LogP contribution in [0.2, 0.25) is 0 Å². The van der Waals surface area contributed by atoms with Crippen molar-refractivity contribution in [1.29, 1.82) is 0 Å². The Bertz CT molecular complexity index is 1110. The van der Waals surface area contributed by atoms with Crippen molar-refractivity contribution in [2.24, 2.45) is 0 Å². The van der Waals surface area contributed by atoms with Gasteiger partial charge in [0.25, 0.3) is 0 Å². The van der Waals surface area contributed by atoms with E-state index in [2.05, 4.69) is 0 Å². The molecule has 1 aromatic heterocycles. The maximum Gasteiger partial charge on any atom is 0.336 e. The second-order valence-corrected chi connectivity index (χ2v) is 7.18. The highest BCUT2D eigenvalue weighted by Crippen LogP contribution is 2.32. The van der Waals surface area contributed by atoms with Crippen LogP contribution >= 0.6 is 0 Å². The summed E-state index contributed by atoms with van der Waals surface area (Å²) < 4.78 is 21.4. The number of ether oxygens (including phenoxy) is 3. The summed E-state index contributed by atoms with van der Waals surface area (Å²) >= 11 is 0. The Kier molecular flexibility index (Phi) is 5.94. The van der Waals surface area contributed by atoms with Crippen molar-refractivity contribution >= 4 is 11.0 Å². The minimum atomic E-state index is -1.56. The van der Waals surface area contributed by atoms with E-state index in [0.29, 0.717) is 16.7 Å². The lowest BCUT2D eigenvalue weighted by Gasteiger charge is -2.39. The minimum absolute atomic E-state index is 0.201. The molecule has 1 aliphatic rings. The highest BCUT2D eigenvalue weighted by Gasteiger charge is 2.44. The first-order chi connectivity index (χ1) is 14.9. The van der Waals surface area contributed by atoms with E-state index in [1.165, 1.54) is 12.1 Å². The molecular weight excluding hydrogens is 408 g/mol. The zero-order chi connectivity index (χ0) is 22.1. The fraction of sp³-hybridized carbons (Fsp3) is 0.318. The van der Waals surface area contributed by atoms with Crippen molar-refractivity contribution in [2.45, 2.75) is 30.7 Å². The molecule has 0 aliphatic carbocycles. The molecule has 1 saturated heterocycles. The number of rotatable bonds is 5. The fourth-order valence-corrected chi connectivity index (χ4v) is 3.52. The molecule has 1 fully saturated rings. The molecule has 0 radical (unpaired) electrons. The first-order valence-electron chi connectivity index (χ1n) is 9.61. The molecule has 0 saturated carbocycles. The molecule has 4 N–H and O–H groups in total. The SMILES string of the molecule is COc1ccc(-c2cc(=O)oc3cc(O[C@H]4O[C@H](CO)[C@H](O)[C@H](O)[C@H]4O)ccc23)cc1. The summed E-state index contributed by atoms with van der Waals surface area (Å²) in [4.78, 5) is 12.1. The monoisotopic (exact) mass is 430 g/mol. The van der Waals surface area contributed by atoms with Crippen LogP contribution < -0.4 is 15.1 Å². The average Bonchev–Trinajstić information content (AvgIpc) is 2.78. The third-order valence-corrected chi connectivity index (χ3v) is 5.22. The molecule has 0 bridgehead atoms. The van der Waals surface area contributed by atoms with Gasteiger partial charge in [0, 0.05) is 17.5 Å². The summed E-state index contributed by atoms with van der Waals surface area (Å²) in [6, 6.07) is 13.4. The predicted octanol–water partition coefficient (Wildman–Crippen LogP) is 0.647. The Morgan fingerprint density at radius 1 is 0.935 bits per heavy atom. The van der Waals surface area contributed by atoms with Crippen LogP contribution in [0.4, 0.5) is 0 Å². The first kappa shape index (κ1) is 21.3. The van der Waals surface area contributed by atoms with E-state index < -0.39 is 42.9 Å². The second-order valence-electron chi connectivity index (χ2n) is 7.18. The standard InChI is InChI=1S/C22H22O9/c1-28-12-4-2-11(3-5-12)15-9-18(24)30-16-8-13(6-7-14(15)16)29-22-21(27)20(26)19(25)17(10-23)31-22/h2-9,17,19-23,25-27H,10H2,1H3/t17-,19+,20+,21-,22+/m1/s1. The largest absolute Gasteiger partial charge is 0.497 e. The number of fused-ring (bicyclic) bond motifs is 1. The number of hydrogen-bond donors (Lipinski definition) is 4. The van der Waals surface area contributed by atoms with E-state index in [4.69, 9.17) is 18.6 Å². The number of aliphatic hydroxyl groups is 4. The van der Waals surface area contributed by atoms with Crippen LogP contribution in [-0.2, 0) is 4.74 Å². The lowest BCUT2D eigenvalue weighted by molar-refractivity contribution is -0.277. The van der Waals surface area contributed by atoms with Gasteiger partial charge in [0.05, 0.1) is 13.7 Å². The van der Waals surface area contributed by atoms with Crippen molar-refractivity contribution in [3.63, 3.8) is 0 Å². The van der Waals surface area contributed by atoms with Gasteiger partial charge >= 0.3 is 5.63 Å². The average molecular weight is 430 g/mol. The summed E-state index contributed by atoms with van der Waals surface area (Å²) in [7, 11) is 1.57. The normalized spacial score (nSPS) is 26.0. The molecule has 2 heterocycles. The lowest BCUT2D eigenvalue weighted by atomic mass is 9.99. The van der Waals surface area contributed by atoms with Gasteiger partial charge in [-0.1, -0.05) is 12.1 Å². The molecule has 4 rings (SSSR count).